The molecule has 0 aliphatic heterocycles. The summed E-state index contributed by atoms with van der Waals surface area (Å²) < 4.78 is 0. The van der Waals surface area contributed by atoms with Crippen LogP contribution in [0, 0.1) is 0 Å². The molecule has 0 aliphatic rings. The van der Waals surface area contributed by atoms with Crippen LogP contribution in [0.5, 0.6) is 0 Å². The van der Waals surface area contributed by atoms with Gasteiger partial charge in [-0.2, -0.15) is 0 Å². The Bertz CT molecular complexity index is 324. The molecule has 2 unspecified atom stereocenters. The van der Waals surface area contributed by atoms with Gasteiger partial charge >= 0.3 is 0 Å². The number of rotatable bonds is 5. The Morgan fingerprint density at radius 3 is 2.44 bits per heavy atom. The number of hydrogen-bond acceptors (Lipinski definition) is 2. The Kier molecular flexibility index (Phi) is 4.99. The lowest BCUT2D eigenvalue weighted by Gasteiger charge is -2.19. The van der Waals surface area contributed by atoms with E-state index in [2.05, 4.69) is 29.7 Å². The van der Waals surface area contributed by atoms with Crippen molar-refractivity contribution in [1.82, 2.24) is 10.6 Å². The van der Waals surface area contributed by atoms with Crippen LogP contribution in [0.25, 0.3) is 0 Å². The van der Waals surface area contributed by atoms with Crippen LogP contribution < -0.4 is 10.6 Å². The molecule has 0 aliphatic carbocycles. The molecule has 1 amide bonds. The van der Waals surface area contributed by atoms with Crippen molar-refractivity contribution >= 4 is 5.91 Å². The molecule has 2 N–H and O–H groups in total. The van der Waals surface area contributed by atoms with Crippen molar-refractivity contribution < 1.29 is 4.79 Å². The van der Waals surface area contributed by atoms with Crippen LogP contribution in [-0.2, 0) is 4.79 Å². The highest BCUT2D eigenvalue weighted by Crippen LogP contribution is 2.11. The van der Waals surface area contributed by atoms with Crippen LogP contribution in [0.1, 0.15) is 32.4 Å². The predicted octanol–water partition coefficient (Wildman–Crippen LogP) is 1.86. The van der Waals surface area contributed by atoms with E-state index in [0.29, 0.717) is 6.54 Å². The Hall–Kier alpha value is -1.35. The summed E-state index contributed by atoms with van der Waals surface area (Å²) in [6.45, 7) is 6.53. The highest BCUT2D eigenvalue weighted by atomic mass is 16.2. The fourth-order valence-electron chi connectivity index (χ4n) is 1.62. The molecule has 0 heterocycles. The molecule has 0 aromatic heterocycles. The fourth-order valence-corrected chi connectivity index (χ4v) is 1.62. The molecule has 3 heteroatoms. The van der Waals surface area contributed by atoms with Crippen LogP contribution in [-0.4, -0.2) is 18.5 Å². The van der Waals surface area contributed by atoms with E-state index in [9.17, 15) is 4.79 Å². The van der Waals surface area contributed by atoms with E-state index in [1.165, 1.54) is 5.56 Å². The third-order valence-corrected chi connectivity index (χ3v) is 2.54. The average molecular weight is 220 g/mol. The number of amides is 1. The maximum atomic E-state index is 11.5. The molecule has 1 aromatic rings. The van der Waals surface area contributed by atoms with E-state index in [0.717, 1.165) is 0 Å². The number of carbonyl (C=O) groups is 1. The summed E-state index contributed by atoms with van der Waals surface area (Å²) >= 11 is 0. The summed E-state index contributed by atoms with van der Waals surface area (Å²) in [7, 11) is 0. The summed E-state index contributed by atoms with van der Waals surface area (Å²) in [6.07, 6.45) is 0. The minimum Gasteiger partial charge on any atom is -0.355 e. The molecule has 16 heavy (non-hydrogen) atoms. The maximum absolute atomic E-state index is 11.5. The van der Waals surface area contributed by atoms with Crippen LogP contribution in [0.15, 0.2) is 30.3 Å². The Morgan fingerprint density at radius 1 is 1.25 bits per heavy atom. The normalized spacial score (nSPS) is 14.2. The summed E-state index contributed by atoms with van der Waals surface area (Å²) in [4.78, 5) is 11.5. The van der Waals surface area contributed by atoms with Crippen LogP contribution in [0.2, 0.25) is 0 Å². The molecule has 0 saturated heterocycles. The molecule has 0 spiro atoms. The second-order valence-corrected chi connectivity index (χ2v) is 3.92. The minimum atomic E-state index is -0.171. The van der Waals surface area contributed by atoms with Gasteiger partial charge in [0.05, 0.1) is 6.04 Å². The summed E-state index contributed by atoms with van der Waals surface area (Å²) in [5.41, 5.74) is 1.19. The van der Waals surface area contributed by atoms with Crippen molar-refractivity contribution in [2.24, 2.45) is 0 Å². The Morgan fingerprint density at radius 2 is 1.88 bits per heavy atom. The second-order valence-electron chi connectivity index (χ2n) is 3.92. The Balaban J connectivity index is 2.51. The molecule has 88 valence electrons. The topological polar surface area (TPSA) is 41.1 Å². The summed E-state index contributed by atoms with van der Waals surface area (Å²) in [6, 6.07) is 10.1. The zero-order valence-electron chi connectivity index (χ0n) is 10.2. The van der Waals surface area contributed by atoms with E-state index in [1.54, 1.807) is 0 Å². The van der Waals surface area contributed by atoms with Crippen molar-refractivity contribution in [3.8, 4) is 0 Å². The molecule has 1 aromatic carbocycles. The van der Waals surface area contributed by atoms with Gasteiger partial charge in [-0.15, -0.1) is 0 Å². The van der Waals surface area contributed by atoms with Crippen molar-refractivity contribution in [1.29, 1.82) is 0 Å². The van der Waals surface area contributed by atoms with Gasteiger partial charge in [-0.05, 0) is 26.3 Å². The quantitative estimate of drug-likeness (QED) is 0.795. The number of nitrogens with one attached hydrogen (secondary N) is 2. The van der Waals surface area contributed by atoms with Crippen molar-refractivity contribution in [2.75, 3.05) is 6.54 Å². The zero-order chi connectivity index (χ0) is 12.0. The molecule has 2 atom stereocenters. The Labute approximate surface area is 97.2 Å². The largest absolute Gasteiger partial charge is 0.355 e. The lowest BCUT2D eigenvalue weighted by Crippen LogP contribution is -2.42. The van der Waals surface area contributed by atoms with Gasteiger partial charge in [0.15, 0.2) is 0 Å². The number of carbonyl (C=O) groups excluding carboxylic acids is 1. The lowest BCUT2D eigenvalue weighted by molar-refractivity contribution is -0.122. The van der Waals surface area contributed by atoms with E-state index >= 15 is 0 Å². The second kappa shape index (κ2) is 6.28. The molecular weight excluding hydrogens is 200 g/mol. The number of likely N-dealkylation sites (N-methyl/N-ethyl adjacent to an activating group) is 1. The number of benzene rings is 1. The van der Waals surface area contributed by atoms with Crippen LogP contribution >= 0.6 is 0 Å². The number of hydrogen-bond donors (Lipinski definition) is 2. The molecule has 1 rings (SSSR count). The first-order chi connectivity index (χ1) is 7.65. The lowest BCUT2D eigenvalue weighted by atomic mass is 10.1. The molecule has 0 radical (unpaired) electrons. The highest BCUT2D eigenvalue weighted by Gasteiger charge is 2.14. The summed E-state index contributed by atoms with van der Waals surface area (Å²) in [5, 5.41) is 6.07. The molecular formula is C13H20N2O. The minimum absolute atomic E-state index is 0.0466. The molecule has 0 fully saturated rings. The van der Waals surface area contributed by atoms with Crippen molar-refractivity contribution in [2.45, 2.75) is 32.9 Å². The highest BCUT2D eigenvalue weighted by molar-refractivity contribution is 5.81. The van der Waals surface area contributed by atoms with Crippen LogP contribution in [0.4, 0.5) is 0 Å². The van der Waals surface area contributed by atoms with Crippen molar-refractivity contribution in [3.63, 3.8) is 0 Å². The van der Waals surface area contributed by atoms with Crippen molar-refractivity contribution in [3.05, 3.63) is 35.9 Å². The maximum Gasteiger partial charge on any atom is 0.236 e. The van der Waals surface area contributed by atoms with Gasteiger partial charge in [-0.25, -0.2) is 0 Å². The van der Waals surface area contributed by atoms with E-state index in [4.69, 9.17) is 0 Å². The smallest absolute Gasteiger partial charge is 0.236 e. The van der Waals surface area contributed by atoms with Gasteiger partial charge in [-0.3, -0.25) is 10.1 Å². The van der Waals surface area contributed by atoms with Gasteiger partial charge in [0.1, 0.15) is 0 Å². The summed E-state index contributed by atoms with van der Waals surface area (Å²) in [5.74, 6) is 0.0466. The van der Waals surface area contributed by atoms with E-state index < -0.39 is 0 Å². The third kappa shape index (κ3) is 3.66. The zero-order valence-corrected chi connectivity index (χ0v) is 10.2. The van der Waals surface area contributed by atoms with Gasteiger partial charge in [0, 0.05) is 12.6 Å². The molecule has 3 nitrogen and oxygen atoms in total. The fraction of sp³-hybridized carbons (Fsp3) is 0.462. The SMILES string of the molecule is CCNC(=O)C(C)NC(C)c1ccccc1. The first-order valence-corrected chi connectivity index (χ1v) is 5.73. The molecule has 0 bridgehead atoms. The van der Waals surface area contributed by atoms with E-state index in [1.807, 2.05) is 32.0 Å². The average Bonchev–Trinajstić information content (AvgIpc) is 2.30. The standard InChI is InChI=1S/C13H20N2O/c1-4-14-13(16)11(3)15-10(2)12-8-6-5-7-9-12/h5-11,15H,4H2,1-3H3,(H,14,16). The first-order valence-electron chi connectivity index (χ1n) is 5.73. The van der Waals surface area contributed by atoms with Gasteiger partial charge < -0.3 is 5.32 Å². The van der Waals surface area contributed by atoms with E-state index in [-0.39, 0.29) is 18.0 Å². The first kappa shape index (κ1) is 12.7. The predicted molar refractivity (Wildman–Crippen MR) is 66.1 cm³/mol. The molecule has 0 saturated carbocycles. The van der Waals surface area contributed by atoms with Gasteiger partial charge in [-0.1, -0.05) is 30.3 Å². The van der Waals surface area contributed by atoms with Crippen LogP contribution in [0.3, 0.4) is 0 Å². The van der Waals surface area contributed by atoms with Gasteiger partial charge in [0.2, 0.25) is 5.91 Å². The third-order valence-electron chi connectivity index (χ3n) is 2.54. The van der Waals surface area contributed by atoms with Gasteiger partial charge in [0.25, 0.3) is 0 Å². The monoisotopic (exact) mass is 220 g/mol.